The molecule has 66 heavy (non-hydrogen) atoms. The van der Waals surface area contributed by atoms with Gasteiger partial charge in [-0.25, -0.2) is 0 Å². The Labute approximate surface area is 393 Å². The zero-order chi connectivity index (χ0) is 44.9. The Morgan fingerprint density at radius 1 is 0.379 bits per heavy atom. The standard InChI is InChI=1S/C62H51BN2S/c1-61(2,3)44-30-34-51-56(38-44)64(46-32-27-42(28-33-46)47-22-15-23-49-48-21-13-14-26-58(48)66-60(47)49)54-24-16-25-55-59(54)63(51)52-35-31-45(62(4,5)6)39-57(52)65(55)53-36-29-43(40-17-9-7-10-18-40)37-50(53)41-19-11-8-12-20-41/h7-39H,1-6H3. The van der Waals surface area contributed by atoms with Gasteiger partial charge in [-0.05, 0) is 121 Å². The molecule has 2 aliphatic rings. The number of rotatable bonds is 5. The van der Waals surface area contributed by atoms with Crippen molar-refractivity contribution in [2.45, 2.75) is 52.4 Å². The molecule has 0 spiro atoms. The van der Waals surface area contributed by atoms with Crippen molar-refractivity contribution in [3.63, 3.8) is 0 Å². The van der Waals surface area contributed by atoms with Crippen molar-refractivity contribution >= 4 is 88.7 Å². The van der Waals surface area contributed by atoms with Gasteiger partial charge >= 0.3 is 0 Å². The van der Waals surface area contributed by atoms with Gasteiger partial charge in [0.25, 0.3) is 6.71 Å². The number of benzene rings is 9. The molecule has 0 amide bonds. The molecule has 10 aromatic rings. The van der Waals surface area contributed by atoms with Gasteiger partial charge in [0.15, 0.2) is 0 Å². The number of hydrogen-bond acceptors (Lipinski definition) is 3. The summed E-state index contributed by atoms with van der Waals surface area (Å²) >= 11 is 1.89. The highest BCUT2D eigenvalue weighted by Gasteiger charge is 2.44. The van der Waals surface area contributed by atoms with Crippen molar-refractivity contribution in [1.82, 2.24) is 0 Å². The lowest BCUT2D eigenvalue weighted by Crippen LogP contribution is -2.61. The smallest absolute Gasteiger partial charge is 0.252 e. The van der Waals surface area contributed by atoms with Crippen molar-refractivity contribution < 1.29 is 0 Å². The topological polar surface area (TPSA) is 6.48 Å². The van der Waals surface area contributed by atoms with Crippen LogP contribution in [-0.4, -0.2) is 6.71 Å². The van der Waals surface area contributed by atoms with Crippen molar-refractivity contribution in [2.75, 3.05) is 9.80 Å². The Bertz CT molecular complexity index is 3500. The molecule has 0 bridgehead atoms. The van der Waals surface area contributed by atoms with Crippen LogP contribution in [0.25, 0.3) is 53.6 Å². The molecule has 1 aromatic heterocycles. The molecule has 0 saturated heterocycles. The van der Waals surface area contributed by atoms with Gasteiger partial charge < -0.3 is 9.80 Å². The summed E-state index contributed by atoms with van der Waals surface area (Å²) in [4.78, 5) is 5.13. The predicted molar refractivity (Wildman–Crippen MR) is 287 cm³/mol. The van der Waals surface area contributed by atoms with Gasteiger partial charge in [0.1, 0.15) is 0 Å². The van der Waals surface area contributed by atoms with Gasteiger partial charge in [0.2, 0.25) is 0 Å². The molecule has 2 aliphatic heterocycles. The van der Waals surface area contributed by atoms with Gasteiger partial charge in [0, 0.05) is 54.2 Å². The van der Waals surface area contributed by atoms with Crippen LogP contribution in [0.1, 0.15) is 52.7 Å². The first kappa shape index (κ1) is 40.4. The van der Waals surface area contributed by atoms with Crippen LogP contribution in [0.15, 0.2) is 200 Å². The highest BCUT2D eigenvalue weighted by atomic mass is 32.1. The summed E-state index contributed by atoms with van der Waals surface area (Å²) in [5.74, 6) is 0. The first-order chi connectivity index (χ1) is 32.0. The Morgan fingerprint density at radius 2 is 0.924 bits per heavy atom. The molecule has 318 valence electrons. The molecule has 0 saturated carbocycles. The summed E-state index contributed by atoms with van der Waals surface area (Å²) in [7, 11) is 0. The van der Waals surface area contributed by atoms with E-state index in [4.69, 9.17) is 0 Å². The first-order valence-electron chi connectivity index (χ1n) is 23.3. The minimum atomic E-state index is -0.0419. The molecule has 12 rings (SSSR count). The van der Waals surface area contributed by atoms with Crippen molar-refractivity contribution in [1.29, 1.82) is 0 Å². The Hall–Kier alpha value is -7.14. The predicted octanol–water partition coefficient (Wildman–Crippen LogP) is 15.7. The SMILES string of the molecule is CC(C)(C)c1ccc2c(c1)N(c1ccc(-c3cccc4c3sc3ccccc34)cc1)c1cccc3c1B2c1ccc(C(C)(C)C)cc1N3c1ccc(-c2ccccc2)cc1-c1ccccc1. The van der Waals surface area contributed by atoms with Gasteiger partial charge in [-0.1, -0.05) is 187 Å². The third-order valence-electron chi connectivity index (χ3n) is 14.0. The van der Waals surface area contributed by atoms with Crippen LogP contribution in [0.4, 0.5) is 34.1 Å². The fraction of sp³-hybridized carbons (Fsp3) is 0.129. The zero-order valence-electron chi connectivity index (χ0n) is 38.4. The second-order valence-corrected chi connectivity index (χ2v) is 21.2. The van der Waals surface area contributed by atoms with E-state index in [2.05, 4.69) is 252 Å². The molecule has 9 aromatic carbocycles. The highest BCUT2D eigenvalue weighted by molar-refractivity contribution is 7.26. The lowest BCUT2D eigenvalue weighted by molar-refractivity contribution is 0.590. The summed E-state index contributed by atoms with van der Waals surface area (Å²) in [6, 6.07) is 75.2. The minimum absolute atomic E-state index is 0.0295. The normalized spacial score (nSPS) is 13.2. The van der Waals surface area contributed by atoms with Crippen LogP contribution in [0.5, 0.6) is 0 Å². The average molecular weight is 867 g/mol. The Kier molecular flexibility index (Phi) is 9.31. The molecule has 0 atom stereocenters. The molecule has 3 heterocycles. The minimum Gasteiger partial charge on any atom is -0.311 e. The summed E-state index contributed by atoms with van der Waals surface area (Å²) < 4.78 is 2.66. The first-order valence-corrected chi connectivity index (χ1v) is 24.1. The van der Waals surface area contributed by atoms with Crippen LogP contribution in [-0.2, 0) is 10.8 Å². The molecule has 2 nitrogen and oxygen atoms in total. The Balaban J connectivity index is 1.09. The second kappa shape index (κ2) is 15.2. The van der Waals surface area contributed by atoms with Crippen LogP contribution in [0.3, 0.4) is 0 Å². The number of nitrogens with zero attached hydrogens (tertiary/aromatic N) is 2. The quantitative estimate of drug-likeness (QED) is 0.159. The fourth-order valence-corrected chi connectivity index (χ4v) is 11.8. The lowest BCUT2D eigenvalue weighted by Gasteiger charge is -2.45. The summed E-state index contributed by atoms with van der Waals surface area (Å²) in [6.07, 6.45) is 0. The number of fused-ring (bicyclic) bond motifs is 7. The summed E-state index contributed by atoms with van der Waals surface area (Å²) in [6.45, 7) is 14.0. The van der Waals surface area contributed by atoms with Gasteiger partial charge in [-0.2, -0.15) is 0 Å². The van der Waals surface area contributed by atoms with Gasteiger partial charge in [-0.15, -0.1) is 11.3 Å². The van der Waals surface area contributed by atoms with Crippen molar-refractivity contribution in [2.24, 2.45) is 0 Å². The molecular weight excluding hydrogens is 816 g/mol. The van der Waals surface area contributed by atoms with Gasteiger partial charge in [-0.3, -0.25) is 0 Å². The number of anilines is 6. The van der Waals surface area contributed by atoms with Crippen LogP contribution >= 0.6 is 11.3 Å². The molecule has 0 fully saturated rings. The maximum atomic E-state index is 2.58. The third kappa shape index (κ3) is 6.53. The van der Waals surface area contributed by atoms with E-state index in [1.54, 1.807) is 0 Å². The van der Waals surface area contributed by atoms with E-state index in [0.29, 0.717) is 0 Å². The van der Waals surface area contributed by atoms with Crippen molar-refractivity contribution in [3.05, 3.63) is 211 Å². The largest absolute Gasteiger partial charge is 0.311 e. The van der Waals surface area contributed by atoms with Crippen LogP contribution in [0.2, 0.25) is 0 Å². The van der Waals surface area contributed by atoms with E-state index in [1.807, 2.05) is 11.3 Å². The molecule has 0 aliphatic carbocycles. The summed E-state index contributed by atoms with van der Waals surface area (Å²) in [5.41, 5.74) is 21.1. The molecule has 0 radical (unpaired) electrons. The third-order valence-corrected chi connectivity index (χ3v) is 15.2. The maximum Gasteiger partial charge on any atom is 0.252 e. The molecule has 4 heteroatoms. The monoisotopic (exact) mass is 866 g/mol. The van der Waals surface area contributed by atoms with Crippen molar-refractivity contribution in [3.8, 4) is 33.4 Å². The Morgan fingerprint density at radius 3 is 1.59 bits per heavy atom. The lowest BCUT2D eigenvalue weighted by atomic mass is 9.33. The molecule has 0 unspecified atom stereocenters. The second-order valence-electron chi connectivity index (χ2n) is 20.2. The van der Waals surface area contributed by atoms with Gasteiger partial charge in [0.05, 0.1) is 5.69 Å². The van der Waals surface area contributed by atoms with E-state index >= 15 is 0 Å². The zero-order valence-corrected chi connectivity index (χ0v) is 39.2. The molecular formula is C62H51BN2S. The van der Waals surface area contributed by atoms with E-state index in [9.17, 15) is 0 Å². The maximum absolute atomic E-state index is 2.58. The van der Waals surface area contributed by atoms with E-state index in [0.717, 1.165) is 5.69 Å². The number of hydrogen-bond donors (Lipinski definition) is 0. The molecule has 0 N–H and O–H groups in total. The van der Waals surface area contributed by atoms with Crippen LogP contribution < -0.4 is 26.2 Å². The van der Waals surface area contributed by atoms with Crippen LogP contribution in [0, 0.1) is 0 Å². The summed E-state index contributed by atoms with van der Waals surface area (Å²) in [5, 5.41) is 2.65. The number of thiophene rings is 1. The van der Waals surface area contributed by atoms with E-state index in [1.165, 1.54) is 110 Å². The van der Waals surface area contributed by atoms with E-state index in [-0.39, 0.29) is 17.5 Å². The fourth-order valence-electron chi connectivity index (χ4n) is 10.6. The van der Waals surface area contributed by atoms with E-state index < -0.39 is 0 Å². The highest BCUT2D eigenvalue weighted by Crippen LogP contribution is 2.49. The average Bonchev–Trinajstić information content (AvgIpc) is 3.73.